The summed E-state index contributed by atoms with van der Waals surface area (Å²) in [7, 11) is 0. The highest BCUT2D eigenvalue weighted by Crippen LogP contribution is 2.01. The van der Waals surface area contributed by atoms with Crippen LogP contribution in [0, 0.1) is 0 Å². The monoisotopic (exact) mass is 216 g/mol. The van der Waals surface area contributed by atoms with Gasteiger partial charge in [0.15, 0.2) is 0 Å². The maximum atomic E-state index is 11.2. The Balaban J connectivity index is 3.45. The van der Waals surface area contributed by atoms with Crippen LogP contribution in [0.1, 0.15) is 39.0 Å². The van der Waals surface area contributed by atoms with Crippen LogP contribution >= 0.6 is 0 Å². The Morgan fingerprint density at radius 3 is 2.53 bits per heavy atom. The Morgan fingerprint density at radius 1 is 1.33 bits per heavy atom. The van der Waals surface area contributed by atoms with E-state index in [4.69, 9.17) is 10.8 Å². The number of amides is 1. The molecule has 0 saturated heterocycles. The molecule has 0 heterocycles. The van der Waals surface area contributed by atoms with Crippen LogP contribution in [-0.2, 0) is 9.59 Å². The summed E-state index contributed by atoms with van der Waals surface area (Å²) in [6.45, 7) is 2.11. The van der Waals surface area contributed by atoms with Gasteiger partial charge in [-0.1, -0.05) is 26.2 Å². The van der Waals surface area contributed by atoms with Gasteiger partial charge >= 0.3 is 5.97 Å². The van der Waals surface area contributed by atoms with Gasteiger partial charge in [-0.25, -0.2) is 0 Å². The van der Waals surface area contributed by atoms with E-state index in [1.165, 1.54) is 0 Å². The fraction of sp³-hybridized carbons (Fsp3) is 0.800. The number of nitrogens with two attached hydrogens (primary N) is 1. The summed E-state index contributed by atoms with van der Waals surface area (Å²) in [5.41, 5.74) is 5.23. The van der Waals surface area contributed by atoms with Crippen LogP contribution in [0.15, 0.2) is 0 Å². The Morgan fingerprint density at radius 2 is 2.00 bits per heavy atom. The van der Waals surface area contributed by atoms with Crippen molar-refractivity contribution < 1.29 is 14.7 Å². The molecule has 0 bridgehead atoms. The van der Waals surface area contributed by atoms with E-state index in [2.05, 4.69) is 12.2 Å². The van der Waals surface area contributed by atoms with Crippen molar-refractivity contribution in [2.75, 3.05) is 6.54 Å². The summed E-state index contributed by atoms with van der Waals surface area (Å²) in [5.74, 6) is -1.22. The third-order valence-electron chi connectivity index (χ3n) is 2.09. The highest BCUT2D eigenvalue weighted by molar-refractivity contribution is 5.78. The Labute approximate surface area is 90.0 Å². The number of rotatable bonds is 8. The average molecular weight is 216 g/mol. The van der Waals surface area contributed by atoms with Crippen LogP contribution in [0.5, 0.6) is 0 Å². The summed E-state index contributed by atoms with van der Waals surface area (Å²) in [4.78, 5) is 21.5. The molecular formula is C10H20N2O3. The second-order valence-electron chi connectivity index (χ2n) is 3.56. The molecule has 15 heavy (non-hydrogen) atoms. The maximum Gasteiger partial charge on any atom is 0.322 e. The van der Waals surface area contributed by atoms with Crippen LogP contribution in [0.25, 0.3) is 0 Å². The predicted octanol–water partition coefficient (Wildman–Crippen LogP) is 0.485. The van der Waals surface area contributed by atoms with E-state index < -0.39 is 12.0 Å². The summed E-state index contributed by atoms with van der Waals surface area (Å²) in [5, 5.41) is 11.0. The number of carbonyl (C=O) groups is 2. The van der Waals surface area contributed by atoms with Gasteiger partial charge < -0.3 is 16.2 Å². The zero-order chi connectivity index (χ0) is 11.7. The molecule has 5 nitrogen and oxygen atoms in total. The number of unbranched alkanes of at least 4 members (excludes halogenated alkanes) is 3. The topological polar surface area (TPSA) is 92.4 Å². The number of carboxylic acid groups (broad SMARTS) is 1. The van der Waals surface area contributed by atoms with Crippen LogP contribution in [0.3, 0.4) is 0 Å². The van der Waals surface area contributed by atoms with Crippen LogP contribution < -0.4 is 11.1 Å². The van der Waals surface area contributed by atoms with Crippen molar-refractivity contribution in [1.82, 2.24) is 5.32 Å². The number of hydrogen-bond acceptors (Lipinski definition) is 3. The van der Waals surface area contributed by atoms with Gasteiger partial charge in [-0.3, -0.25) is 9.59 Å². The van der Waals surface area contributed by atoms with Crippen molar-refractivity contribution in [1.29, 1.82) is 0 Å². The van der Waals surface area contributed by atoms with Gasteiger partial charge in [0, 0.05) is 13.0 Å². The van der Waals surface area contributed by atoms with Crippen molar-refractivity contribution in [2.45, 2.75) is 45.1 Å². The molecule has 4 N–H and O–H groups in total. The average Bonchev–Trinajstić information content (AvgIpc) is 2.20. The van der Waals surface area contributed by atoms with Gasteiger partial charge in [0.1, 0.15) is 6.04 Å². The van der Waals surface area contributed by atoms with Gasteiger partial charge in [0.2, 0.25) is 5.91 Å². The molecule has 0 aromatic heterocycles. The highest BCUT2D eigenvalue weighted by atomic mass is 16.4. The van der Waals surface area contributed by atoms with Gasteiger partial charge in [-0.2, -0.15) is 0 Å². The molecule has 0 fully saturated rings. The zero-order valence-electron chi connectivity index (χ0n) is 9.16. The lowest BCUT2D eigenvalue weighted by Gasteiger charge is -2.08. The Bertz CT molecular complexity index is 207. The second kappa shape index (κ2) is 8.23. The summed E-state index contributed by atoms with van der Waals surface area (Å²) in [6, 6.07) is -1.01. The number of carboxylic acids is 1. The minimum absolute atomic E-state index is 0.00193. The molecule has 0 aliphatic rings. The zero-order valence-corrected chi connectivity index (χ0v) is 9.16. The fourth-order valence-electron chi connectivity index (χ4n) is 1.11. The third kappa shape index (κ3) is 7.93. The standard InChI is InChI=1S/C10H20N2O3/c1-2-3-4-5-6-9(13)12-7-8(11)10(14)15/h8H,2-7,11H2,1H3,(H,12,13)(H,14,15). The molecule has 0 spiro atoms. The van der Waals surface area contributed by atoms with E-state index in [9.17, 15) is 9.59 Å². The van der Waals surface area contributed by atoms with E-state index in [-0.39, 0.29) is 12.5 Å². The Kier molecular flexibility index (Phi) is 7.62. The van der Waals surface area contributed by atoms with Crippen LogP contribution in [0.4, 0.5) is 0 Å². The van der Waals surface area contributed by atoms with E-state index in [1.807, 2.05) is 0 Å². The molecule has 0 saturated carbocycles. The SMILES string of the molecule is CCCCCCC(=O)NCC(N)C(=O)O. The maximum absolute atomic E-state index is 11.2. The lowest BCUT2D eigenvalue weighted by Crippen LogP contribution is -2.42. The van der Waals surface area contributed by atoms with Gasteiger partial charge in [0.05, 0.1) is 0 Å². The first-order valence-corrected chi connectivity index (χ1v) is 5.33. The molecule has 1 atom stereocenters. The highest BCUT2D eigenvalue weighted by Gasteiger charge is 2.11. The Hall–Kier alpha value is -1.10. The van der Waals surface area contributed by atoms with Crippen LogP contribution in [0.2, 0.25) is 0 Å². The van der Waals surface area contributed by atoms with Crippen LogP contribution in [-0.4, -0.2) is 29.6 Å². The lowest BCUT2D eigenvalue weighted by molar-refractivity contribution is -0.138. The molecule has 5 heteroatoms. The quantitative estimate of drug-likeness (QED) is 0.515. The first kappa shape index (κ1) is 13.9. The van der Waals surface area contributed by atoms with Gasteiger partial charge in [0.25, 0.3) is 0 Å². The second-order valence-corrected chi connectivity index (χ2v) is 3.56. The van der Waals surface area contributed by atoms with Gasteiger partial charge in [-0.05, 0) is 6.42 Å². The number of nitrogens with one attached hydrogen (secondary N) is 1. The first-order valence-electron chi connectivity index (χ1n) is 5.33. The van der Waals surface area contributed by atoms with Gasteiger partial charge in [-0.15, -0.1) is 0 Å². The number of aliphatic carboxylic acids is 1. The van der Waals surface area contributed by atoms with Crippen molar-refractivity contribution in [3.05, 3.63) is 0 Å². The molecular weight excluding hydrogens is 196 g/mol. The van der Waals surface area contributed by atoms with Crippen molar-refractivity contribution in [2.24, 2.45) is 5.73 Å². The molecule has 88 valence electrons. The molecule has 0 radical (unpaired) electrons. The molecule has 1 amide bonds. The summed E-state index contributed by atoms with van der Waals surface area (Å²) < 4.78 is 0. The molecule has 1 unspecified atom stereocenters. The smallest absolute Gasteiger partial charge is 0.322 e. The summed E-state index contributed by atoms with van der Waals surface area (Å²) in [6.07, 6.45) is 4.59. The van der Waals surface area contributed by atoms with Crippen molar-refractivity contribution in [3.8, 4) is 0 Å². The molecule has 0 aliphatic carbocycles. The first-order chi connectivity index (χ1) is 7.07. The van der Waals surface area contributed by atoms with E-state index in [0.717, 1.165) is 25.7 Å². The molecule has 0 aromatic rings. The number of carbonyl (C=O) groups excluding carboxylic acids is 1. The largest absolute Gasteiger partial charge is 0.480 e. The predicted molar refractivity (Wildman–Crippen MR) is 57.4 cm³/mol. The van der Waals surface area contributed by atoms with Crippen molar-refractivity contribution >= 4 is 11.9 Å². The minimum Gasteiger partial charge on any atom is -0.480 e. The number of hydrogen-bond donors (Lipinski definition) is 3. The minimum atomic E-state index is -1.10. The molecule has 0 rings (SSSR count). The van der Waals surface area contributed by atoms with E-state index in [0.29, 0.717) is 6.42 Å². The lowest BCUT2D eigenvalue weighted by atomic mass is 10.1. The third-order valence-corrected chi connectivity index (χ3v) is 2.09. The molecule has 0 aromatic carbocycles. The van der Waals surface area contributed by atoms with E-state index in [1.54, 1.807) is 0 Å². The normalized spacial score (nSPS) is 12.1. The van der Waals surface area contributed by atoms with E-state index >= 15 is 0 Å². The molecule has 0 aliphatic heterocycles. The summed E-state index contributed by atoms with van der Waals surface area (Å²) >= 11 is 0. The van der Waals surface area contributed by atoms with Crippen molar-refractivity contribution in [3.63, 3.8) is 0 Å². The fourth-order valence-corrected chi connectivity index (χ4v) is 1.11.